The molecule has 0 aliphatic carbocycles. The highest BCUT2D eigenvalue weighted by Gasteiger charge is 2.14. The van der Waals surface area contributed by atoms with E-state index in [1.54, 1.807) is 4.68 Å². The van der Waals surface area contributed by atoms with Crippen molar-refractivity contribution in [3.8, 4) is 0 Å². The third-order valence-electron chi connectivity index (χ3n) is 2.51. The van der Waals surface area contributed by atoms with E-state index in [0.717, 1.165) is 17.8 Å². The SMILES string of the molecule is CCc1cc(C(N)CCS(C)(=O)=O)n(C)n1. The topological polar surface area (TPSA) is 78.0 Å². The molecule has 0 aliphatic heterocycles. The van der Waals surface area contributed by atoms with Crippen molar-refractivity contribution >= 4 is 9.84 Å². The van der Waals surface area contributed by atoms with Crippen LogP contribution < -0.4 is 5.73 Å². The Bertz CT molecular complexity index is 451. The molecule has 0 saturated carbocycles. The van der Waals surface area contributed by atoms with Gasteiger partial charge in [0.15, 0.2) is 0 Å². The second kappa shape index (κ2) is 4.97. The lowest BCUT2D eigenvalue weighted by atomic mass is 10.1. The number of rotatable bonds is 5. The van der Waals surface area contributed by atoms with E-state index in [4.69, 9.17) is 5.73 Å². The first-order chi connectivity index (χ1) is 7.33. The minimum absolute atomic E-state index is 0.112. The van der Waals surface area contributed by atoms with Gasteiger partial charge in [-0.1, -0.05) is 6.92 Å². The predicted molar refractivity (Wildman–Crippen MR) is 63.8 cm³/mol. The molecule has 1 unspecified atom stereocenters. The van der Waals surface area contributed by atoms with E-state index in [1.807, 2.05) is 20.0 Å². The summed E-state index contributed by atoms with van der Waals surface area (Å²) in [4.78, 5) is 0. The predicted octanol–water partition coefficient (Wildman–Crippen LogP) is 0.417. The highest BCUT2D eigenvalue weighted by atomic mass is 32.2. The lowest BCUT2D eigenvalue weighted by Crippen LogP contribution is -2.18. The van der Waals surface area contributed by atoms with Crippen LogP contribution in [0.3, 0.4) is 0 Å². The van der Waals surface area contributed by atoms with Gasteiger partial charge in [0.2, 0.25) is 0 Å². The molecule has 0 aromatic carbocycles. The standard InChI is InChI=1S/C10H19N3O2S/c1-4-8-7-10(13(2)12-8)9(11)5-6-16(3,14)15/h7,9H,4-6,11H2,1-3H3. The zero-order chi connectivity index (χ0) is 12.3. The summed E-state index contributed by atoms with van der Waals surface area (Å²) in [7, 11) is -1.12. The van der Waals surface area contributed by atoms with Gasteiger partial charge < -0.3 is 5.73 Å². The average Bonchev–Trinajstić information content (AvgIpc) is 2.55. The van der Waals surface area contributed by atoms with Crippen molar-refractivity contribution < 1.29 is 8.42 Å². The second-order valence-electron chi connectivity index (χ2n) is 4.06. The fraction of sp³-hybridized carbons (Fsp3) is 0.700. The molecule has 1 aromatic heterocycles. The molecular weight excluding hydrogens is 226 g/mol. The van der Waals surface area contributed by atoms with Gasteiger partial charge in [-0.15, -0.1) is 0 Å². The van der Waals surface area contributed by atoms with E-state index in [1.165, 1.54) is 6.26 Å². The fourth-order valence-electron chi connectivity index (χ4n) is 1.55. The maximum absolute atomic E-state index is 11.0. The van der Waals surface area contributed by atoms with Crippen molar-refractivity contribution in [2.45, 2.75) is 25.8 Å². The molecule has 0 saturated heterocycles. The molecule has 0 radical (unpaired) electrons. The highest BCUT2D eigenvalue weighted by Crippen LogP contribution is 2.15. The Morgan fingerprint density at radius 1 is 1.56 bits per heavy atom. The molecule has 5 nitrogen and oxygen atoms in total. The molecule has 1 rings (SSSR count). The Balaban J connectivity index is 2.72. The van der Waals surface area contributed by atoms with E-state index in [2.05, 4.69) is 5.10 Å². The molecule has 1 heterocycles. The number of hydrogen-bond acceptors (Lipinski definition) is 4. The minimum Gasteiger partial charge on any atom is -0.323 e. The molecule has 0 fully saturated rings. The Labute approximate surface area is 96.6 Å². The molecule has 1 atom stereocenters. The first kappa shape index (κ1) is 13.2. The summed E-state index contributed by atoms with van der Waals surface area (Å²) < 4.78 is 23.8. The lowest BCUT2D eigenvalue weighted by molar-refractivity contribution is 0.577. The van der Waals surface area contributed by atoms with Crippen LogP contribution in [0.2, 0.25) is 0 Å². The number of sulfone groups is 1. The molecule has 16 heavy (non-hydrogen) atoms. The number of aromatic nitrogens is 2. The van der Waals surface area contributed by atoms with E-state index < -0.39 is 9.84 Å². The van der Waals surface area contributed by atoms with Crippen molar-refractivity contribution in [1.29, 1.82) is 0 Å². The summed E-state index contributed by atoms with van der Waals surface area (Å²) in [5, 5.41) is 4.28. The van der Waals surface area contributed by atoms with Gasteiger partial charge in [0.1, 0.15) is 9.84 Å². The number of hydrogen-bond donors (Lipinski definition) is 1. The summed E-state index contributed by atoms with van der Waals surface area (Å²) in [5.41, 5.74) is 7.81. The van der Waals surface area contributed by atoms with Crippen molar-refractivity contribution in [3.05, 3.63) is 17.5 Å². The Morgan fingerprint density at radius 2 is 2.19 bits per heavy atom. The maximum atomic E-state index is 11.0. The molecule has 92 valence electrons. The number of nitrogens with two attached hydrogens (primary N) is 1. The van der Waals surface area contributed by atoms with Crippen LogP contribution in [0.15, 0.2) is 6.07 Å². The van der Waals surface area contributed by atoms with Crippen LogP contribution in [-0.2, 0) is 23.3 Å². The van der Waals surface area contributed by atoms with E-state index in [9.17, 15) is 8.42 Å². The van der Waals surface area contributed by atoms with Crippen molar-refractivity contribution in [1.82, 2.24) is 9.78 Å². The monoisotopic (exact) mass is 245 g/mol. The molecular formula is C10H19N3O2S. The highest BCUT2D eigenvalue weighted by molar-refractivity contribution is 7.90. The lowest BCUT2D eigenvalue weighted by Gasteiger charge is -2.10. The van der Waals surface area contributed by atoms with Gasteiger partial charge in [0.05, 0.1) is 17.1 Å². The van der Waals surface area contributed by atoms with Gasteiger partial charge in [-0.25, -0.2) is 8.42 Å². The number of aryl methyl sites for hydroxylation is 2. The van der Waals surface area contributed by atoms with Gasteiger partial charge in [0.25, 0.3) is 0 Å². The van der Waals surface area contributed by atoms with Gasteiger partial charge in [-0.3, -0.25) is 4.68 Å². The molecule has 0 amide bonds. The van der Waals surface area contributed by atoms with Crippen LogP contribution in [0.4, 0.5) is 0 Å². The van der Waals surface area contributed by atoms with Gasteiger partial charge in [-0.05, 0) is 18.9 Å². The van der Waals surface area contributed by atoms with Crippen LogP contribution in [0.25, 0.3) is 0 Å². The molecule has 0 spiro atoms. The van der Waals surface area contributed by atoms with Crippen LogP contribution in [0.5, 0.6) is 0 Å². The van der Waals surface area contributed by atoms with E-state index in [-0.39, 0.29) is 11.8 Å². The van der Waals surface area contributed by atoms with Crippen LogP contribution in [-0.4, -0.2) is 30.2 Å². The minimum atomic E-state index is -2.95. The van der Waals surface area contributed by atoms with Gasteiger partial charge in [-0.2, -0.15) is 5.10 Å². The smallest absolute Gasteiger partial charge is 0.147 e. The largest absolute Gasteiger partial charge is 0.323 e. The third-order valence-corrected chi connectivity index (χ3v) is 3.49. The summed E-state index contributed by atoms with van der Waals surface area (Å²) in [6.07, 6.45) is 2.51. The summed E-state index contributed by atoms with van der Waals surface area (Å²) >= 11 is 0. The van der Waals surface area contributed by atoms with E-state index in [0.29, 0.717) is 6.42 Å². The first-order valence-electron chi connectivity index (χ1n) is 5.29. The second-order valence-corrected chi connectivity index (χ2v) is 6.32. The summed E-state index contributed by atoms with van der Waals surface area (Å²) in [6.45, 7) is 2.02. The zero-order valence-corrected chi connectivity index (χ0v) is 10.8. The normalized spacial score (nSPS) is 14.0. The first-order valence-corrected chi connectivity index (χ1v) is 7.35. The van der Waals surface area contributed by atoms with Crippen molar-refractivity contribution in [2.24, 2.45) is 12.8 Å². The average molecular weight is 245 g/mol. The van der Waals surface area contributed by atoms with Gasteiger partial charge in [0, 0.05) is 19.3 Å². The van der Waals surface area contributed by atoms with Crippen LogP contribution in [0.1, 0.15) is 30.8 Å². The van der Waals surface area contributed by atoms with Crippen molar-refractivity contribution in [3.63, 3.8) is 0 Å². The van der Waals surface area contributed by atoms with Gasteiger partial charge >= 0.3 is 0 Å². The zero-order valence-electron chi connectivity index (χ0n) is 9.97. The molecule has 6 heteroatoms. The Hall–Kier alpha value is -0.880. The summed E-state index contributed by atoms with van der Waals surface area (Å²) in [5.74, 6) is 0.112. The Kier molecular flexibility index (Phi) is 4.09. The van der Waals surface area contributed by atoms with Crippen LogP contribution >= 0.6 is 0 Å². The Morgan fingerprint density at radius 3 is 2.62 bits per heavy atom. The van der Waals surface area contributed by atoms with E-state index >= 15 is 0 Å². The van der Waals surface area contributed by atoms with Crippen molar-refractivity contribution in [2.75, 3.05) is 12.0 Å². The maximum Gasteiger partial charge on any atom is 0.147 e. The molecule has 0 bridgehead atoms. The molecule has 1 aromatic rings. The molecule has 0 aliphatic rings. The molecule has 2 N–H and O–H groups in total. The fourth-order valence-corrected chi connectivity index (χ4v) is 2.23. The third kappa shape index (κ3) is 3.61. The quantitative estimate of drug-likeness (QED) is 0.815. The van der Waals surface area contributed by atoms with Crippen LogP contribution in [0, 0.1) is 0 Å². The summed E-state index contributed by atoms with van der Waals surface area (Å²) in [6, 6.07) is 1.67. The number of nitrogens with zero attached hydrogens (tertiary/aromatic N) is 2.